The van der Waals surface area contributed by atoms with Crippen molar-refractivity contribution >= 4 is 5.78 Å². The summed E-state index contributed by atoms with van der Waals surface area (Å²) in [5.74, 6) is 0.133. The van der Waals surface area contributed by atoms with E-state index in [-0.39, 0.29) is 5.78 Å². The fourth-order valence-electron chi connectivity index (χ4n) is 1.78. The summed E-state index contributed by atoms with van der Waals surface area (Å²) in [5.41, 5.74) is 1.14. The highest BCUT2D eigenvalue weighted by Crippen LogP contribution is 2.07. The van der Waals surface area contributed by atoms with Gasteiger partial charge in [-0.15, -0.1) is 0 Å². The fourth-order valence-corrected chi connectivity index (χ4v) is 1.78. The molecule has 0 aromatic heterocycles. The second-order valence-corrected chi connectivity index (χ2v) is 3.88. The van der Waals surface area contributed by atoms with Crippen molar-refractivity contribution < 1.29 is 4.79 Å². The number of allylic oxidation sites excluding steroid dienone is 1. The van der Waals surface area contributed by atoms with E-state index in [1.807, 2.05) is 0 Å². The zero-order valence-electron chi connectivity index (χ0n) is 11.4. The molecule has 0 fully saturated rings. The quantitative estimate of drug-likeness (QED) is 0.592. The monoisotopic (exact) mass is 226 g/mol. The highest BCUT2D eigenvalue weighted by molar-refractivity contribution is 5.87. The maximum Gasteiger partial charge on any atom is 0.154 e. The van der Waals surface area contributed by atoms with Crippen molar-refractivity contribution in [2.24, 2.45) is 0 Å². The van der Waals surface area contributed by atoms with Crippen LogP contribution in [0.3, 0.4) is 0 Å². The molecule has 0 aliphatic heterocycles. The van der Waals surface area contributed by atoms with Gasteiger partial charge >= 0.3 is 0 Å². The molecular formula is C13H26N2O. The molecule has 0 atom stereocenters. The van der Waals surface area contributed by atoms with Gasteiger partial charge in [0.2, 0.25) is 0 Å². The number of carbonyl (C=O) groups excluding carboxylic acids is 1. The zero-order chi connectivity index (χ0) is 12.6. The number of ketones is 1. The van der Waals surface area contributed by atoms with E-state index in [0.717, 1.165) is 38.4 Å². The third kappa shape index (κ3) is 5.31. The number of rotatable bonds is 8. The Balaban J connectivity index is 4.73. The Morgan fingerprint density at radius 2 is 1.50 bits per heavy atom. The predicted molar refractivity (Wildman–Crippen MR) is 69.5 cm³/mol. The predicted octanol–water partition coefficient (Wildman–Crippen LogP) is 2.14. The van der Waals surface area contributed by atoms with Gasteiger partial charge in [0, 0.05) is 31.4 Å². The summed E-state index contributed by atoms with van der Waals surface area (Å²) in [5, 5.41) is 0. The van der Waals surface area contributed by atoms with Gasteiger partial charge in [0.25, 0.3) is 0 Å². The molecule has 0 radical (unpaired) electrons. The van der Waals surface area contributed by atoms with E-state index in [0.29, 0.717) is 0 Å². The molecule has 0 unspecified atom stereocenters. The van der Waals surface area contributed by atoms with E-state index in [4.69, 9.17) is 0 Å². The van der Waals surface area contributed by atoms with E-state index in [1.54, 1.807) is 13.0 Å². The summed E-state index contributed by atoms with van der Waals surface area (Å²) in [6, 6.07) is 0. The number of hydrogen-bond acceptors (Lipinski definition) is 3. The lowest BCUT2D eigenvalue weighted by Crippen LogP contribution is -2.33. The van der Waals surface area contributed by atoms with Crippen LogP contribution in [0.1, 0.15) is 34.6 Å². The SMILES string of the molecule is CCN(CC)CC(=CC(C)=O)N(CC)CC. The van der Waals surface area contributed by atoms with Crippen LogP contribution in [-0.4, -0.2) is 48.3 Å². The first-order valence-corrected chi connectivity index (χ1v) is 6.27. The Kier molecular flexibility index (Phi) is 7.90. The van der Waals surface area contributed by atoms with Gasteiger partial charge in [-0.1, -0.05) is 13.8 Å². The van der Waals surface area contributed by atoms with Crippen LogP contribution in [0.15, 0.2) is 11.8 Å². The average molecular weight is 226 g/mol. The van der Waals surface area contributed by atoms with E-state index in [1.165, 1.54) is 0 Å². The van der Waals surface area contributed by atoms with Crippen LogP contribution in [-0.2, 0) is 4.79 Å². The topological polar surface area (TPSA) is 23.6 Å². The maximum absolute atomic E-state index is 11.2. The lowest BCUT2D eigenvalue weighted by atomic mass is 10.2. The highest BCUT2D eigenvalue weighted by atomic mass is 16.1. The van der Waals surface area contributed by atoms with Crippen LogP contribution in [0.25, 0.3) is 0 Å². The first kappa shape index (κ1) is 15.2. The van der Waals surface area contributed by atoms with Crippen LogP contribution < -0.4 is 0 Å². The van der Waals surface area contributed by atoms with Gasteiger partial charge in [-0.25, -0.2) is 0 Å². The van der Waals surface area contributed by atoms with Gasteiger partial charge in [0.15, 0.2) is 5.78 Å². The van der Waals surface area contributed by atoms with Crippen LogP contribution >= 0.6 is 0 Å². The number of hydrogen-bond donors (Lipinski definition) is 0. The van der Waals surface area contributed by atoms with E-state index >= 15 is 0 Å². The van der Waals surface area contributed by atoms with Gasteiger partial charge in [0.1, 0.15) is 0 Å². The molecule has 0 saturated carbocycles. The van der Waals surface area contributed by atoms with E-state index in [9.17, 15) is 4.79 Å². The number of likely N-dealkylation sites (N-methyl/N-ethyl adjacent to an activating group) is 2. The summed E-state index contributed by atoms with van der Waals surface area (Å²) in [4.78, 5) is 15.8. The molecule has 0 rings (SSSR count). The fraction of sp³-hybridized carbons (Fsp3) is 0.769. The third-order valence-corrected chi connectivity index (χ3v) is 2.82. The molecule has 0 aromatic rings. The molecule has 0 aliphatic carbocycles. The minimum Gasteiger partial charge on any atom is -0.374 e. The maximum atomic E-state index is 11.2. The Morgan fingerprint density at radius 3 is 1.81 bits per heavy atom. The van der Waals surface area contributed by atoms with Crippen molar-refractivity contribution in [1.82, 2.24) is 9.80 Å². The van der Waals surface area contributed by atoms with Crippen molar-refractivity contribution in [1.29, 1.82) is 0 Å². The summed E-state index contributed by atoms with van der Waals surface area (Å²) in [7, 11) is 0. The Labute approximate surface area is 100 Å². The lowest BCUT2D eigenvalue weighted by molar-refractivity contribution is -0.112. The molecule has 0 saturated heterocycles. The largest absolute Gasteiger partial charge is 0.374 e. The second kappa shape index (κ2) is 8.34. The minimum absolute atomic E-state index is 0.133. The molecule has 0 spiro atoms. The molecule has 0 heterocycles. The number of carbonyl (C=O) groups is 1. The van der Waals surface area contributed by atoms with Gasteiger partial charge in [-0.2, -0.15) is 0 Å². The van der Waals surface area contributed by atoms with Gasteiger partial charge < -0.3 is 4.90 Å². The van der Waals surface area contributed by atoms with Crippen LogP contribution in [0.4, 0.5) is 0 Å². The van der Waals surface area contributed by atoms with Gasteiger partial charge in [0.05, 0.1) is 0 Å². The lowest BCUT2D eigenvalue weighted by Gasteiger charge is -2.28. The third-order valence-electron chi connectivity index (χ3n) is 2.82. The molecule has 0 aliphatic rings. The minimum atomic E-state index is 0.133. The first-order valence-electron chi connectivity index (χ1n) is 6.27. The highest BCUT2D eigenvalue weighted by Gasteiger charge is 2.10. The zero-order valence-corrected chi connectivity index (χ0v) is 11.4. The summed E-state index contributed by atoms with van der Waals surface area (Å²) in [6.07, 6.45) is 1.77. The molecule has 0 aromatic carbocycles. The Hall–Kier alpha value is -0.830. The van der Waals surface area contributed by atoms with Crippen molar-refractivity contribution in [3.63, 3.8) is 0 Å². The molecule has 0 amide bonds. The Bertz CT molecular complexity index is 228. The normalized spacial score (nSPS) is 12.0. The van der Waals surface area contributed by atoms with Crippen LogP contribution in [0.5, 0.6) is 0 Å². The van der Waals surface area contributed by atoms with E-state index in [2.05, 4.69) is 37.5 Å². The van der Waals surface area contributed by atoms with Gasteiger partial charge in [-0.3, -0.25) is 9.69 Å². The summed E-state index contributed by atoms with van der Waals surface area (Å²) >= 11 is 0. The smallest absolute Gasteiger partial charge is 0.154 e. The summed E-state index contributed by atoms with van der Waals surface area (Å²) < 4.78 is 0. The number of nitrogens with zero attached hydrogens (tertiary/aromatic N) is 2. The van der Waals surface area contributed by atoms with Crippen molar-refractivity contribution in [3.8, 4) is 0 Å². The molecule has 3 heteroatoms. The molecule has 94 valence electrons. The Morgan fingerprint density at radius 1 is 1.00 bits per heavy atom. The van der Waals surface area contributed by atoms with Gasteiger partial charge in [-0.05, 0) is 33.9 Å². The van der Waals surface area contributed by atoms with Crippen molar-refractivity contribution in [2.75, 3.05) is 32.7 Å². The first-order chi connectivity index (χ1) is 7.58. The van der Waals surface area contributed by atoms with Crippen molar-refractivity contribution in [3.05, 3.63) is 11.8 Å². The average Bonchev–Trinajstić information content (AvgIpc) is 2.26. The van der Waals surface area contributed by atoms with Crippen molar-refractivity contribution in [2.45, 2.75) is 34.6 Å². The molecule has 3 nitrogen and oxygen atoms in total. The molecule has 0 N–H and O–H groups in total. The summed E-state index contributed by atoms with van der Waals surface area (Å²) in [6.45, 7) is 15.0. The molecule has 16 heavy (non-hydrogen) atoms. The van der Waals surface area contributed by atoms with E-state index < -0.39 is 0 Å². The molecular weight excluding hydrogens is 200 g/mol. The van der Waals surface area contributed by atoms with Crippen LogP contribution in [0.2, 0.25) is 0 Å². The second-order valence-electron chi connectivity index (χ2n) is 3.88. The standard InChI is InChI=1S/C13H26N2O/c1-6-14(7-2)11-13(10-12(5)16)15(8-3)9-4/h10H,6-9,11H2,1-5H3. The van der Waals surface area contributed by atoms with Crippen LogP contribution in [0, 0.1) is 0 Å². The molecule has 0 bridgehead atoms.